The largest absolute Gasteiger partial charge is 0.376 e. The SMILES string of the molecule is C=CS/C(C)=C(\CCCC)N1CCC(NN=O)C1COC1CCC(c2ccccc2)CC1. The molecule has 1 aliphatic carbocycles. The Hall–Kier alpha value is -1.79. The van der Waals surface area contributed by atoms with Gasteiger partial charge in [0.2, 0.25) is 0 Å². The van der Waals surface area contributed by atoms with Gasteiger partial charge in [-0.05, 0) is 68.8 Å². The molecule has 1 aromatic rings. The molecule has 2 aliphatic rings. The summed E-state index contributed by atoms with van der Waals surface area (Å²) in [5.41, 5.74) is 5.64. The molecule has 1 aromatic carbocycles. The molecule has 2 unspecified atom stereocenters. The van der Waals surface area contributed by atoms with Crippen LogP contribution < -0.4 is 5.43 Å². The predicted octanol–water partition coefficient (Wildman–Crippen LogP) is 6.74. The fourth-order valence-corrected chi connectivity index (χ4v) is 5.80. The number of nitrogens with zero attached hydrogens (tertiary/aromatic N) is 2. The maximum Gasteiger partial charge on any atom is 0.0740 e. The first kappa shape index (κ1) is 24.8. The Morgan fingerprint density at radius 3 is 2.66 bits per heavy atom. The summed E-state index contributed by atoms with van der Waals surface area (Å²) in [4.78, 5) is 14.8. The first-order valence-electron chi connectivity index (χ1n) is 12.2. The van der Waals surface area contributed by atoms with Crippen molar-refractivity contribution in [3.63, 3.8) is 0 Å². The highest BCUT2D eigenvalue weighted by atomic mass is 32.2. The van der Waals surface area contributed by atoms with E-state index in [0.29, 0.717) is 18.6 Å². The lowest BCUT2D eigenvalue weighted by Gasteiger charge is -2.35. The van der Waals surface area contributed by atoms with Crippen LogP contribution in [0.4, 0.5) is 0 Å². The van der Waals surface area contributed by atoms with Crippen LogP contribution in [-0.2, 0) is 4.74 Å². The molecule has 3 rings (SSSR count). The molecule has 2 atom stereocenters. The number of hydrogen-bond donors (Lipinski definition) is 1. The molecule has 1 saturated heterocycles. The molecule has 0 amide bonds. The van der Waals surface area contributed by atoms with Crippen molar-refractivity contribution < 1.29 is 4.74 Å². The van der Waals surface area contributed by atoms with E-state index in [1.54, 1.807) is 11.8 Å². The van der Waals surface area contributed by atoms with E-state index in [9.17, 15) is 4.91 Å². The van der Waals surface area contributed by atoms with E-state index in [1.807, 2.05) is 5.41 Å². The van der Waals surface area contributed by atoms with Crippen molar-refractivity contribution in [1.82, 2.24) is 10.3 Å². The second kappa shape index (κ2) is 13.0. The van der Waals surface area contributed by atoms with Crippen LogP contribution in [0.15, 0.2) is 58.2 Å². The molecular weight excluding hydrogens is 418 g/mol. The lowest BCUT2D eigenvalue weighted by atomic mass is 9.83. The Morgan fingerprint density at radius 2 is 2.00 bits per heavy atom. The normalized spacial score (nSPS) is 26.5. The Kier molecular flexibility index (Phi) is 10.1. The molecule has 1 N–H and O–H groups in total. The first-order valence-corrected chi connectivity index (χ1v) is 13.0. The highest BCUT2D eigenvalue weighted by molar-refractivity contribution is 8.05. The van der Waals surface area contributed by atoms with Crippen LogP contribution in [0.1, 0.15) is 76.7 Å². The van der Waals surface area contributed by atoms with Gasteiger partial charge in [-0.1, -0.05) is 50.3 Å². The molecule has 1 aliphatic heterocycles. The Balaban J connectivity index is 1.62. The number of unbranched alkanes of at least 4 members (excludes halogenated alkanes) is 1. The van der Waals surface area contributed by atoms with Gasteiger partial charge >= 0.3 is 0 Å². The fraction of sp³-hybridized carbons (Fsp3) is 0.615. The van der Waals surface area contributed by atoms with Gasteiger partial charge in [0.25, 0.3) is 0 Å². The van der Waals surface area contributed by atoms with Crippen LogP contribution >= 0.6 is 11.8 Å². The smallest absolute Gasteiger partial charge is 0.0740 e. The van der Waals surface area contributed by atoms with Gasteiger partial charge in [-0.2, -0.15) is 0 Å². The summed E-state index contributed by atoms with van der Waals surface area (Å²) >= 11 is 1.69. The zero-order valence-electron chi connectivity index (χ0n) is 19.7. The monoisotopic (exact) mass is 457 g/mol. The molecule has 176 valence electrons. The third-order valence-corrected chi connectivity index (χ3v) is 7.75. The highest BCUT2D eigenvalue weighted by Gasteiger charge is 2.37. The molecule has 1 heterocycles. The number of hydrogen-bond acceptors (Lipinski definition) is 5. The Morgan fingerprint density at radius 1 is 1.25 bits per heavy atom. The van der Waals surface area contributed by atoms with Gasteiger partial charge in [0.1, 0.15) is 0 Å². The third kappa shape index (κ3) is 6.61. The maximum absolute atomic E-state index is 11.0. The van der Waals surface area contributed by atoms with Gasteiger partial charge in [-0.25, -0.2) is 0 Å². The molecule has 32 heavy (non-hydrogen) atoms. The standard InChI is InChI=1S/C26H39N3O2S/c1-4-6-12-25(20(3)32-5-2)29-18-17-24(27-28-30)26(29)19-31-23-15-13-22(14-16-23)21-10-8-7-9-11-21/h5,7-11,22-24,26H,2,4,6,12-19H2,1,3H3,(H,27,30)/b25-20+. The summed E-state index contributed by atoms with van der Waals surface area (Å²) < 4.78 is 6.48. The van der Waals surface area contributed by atoms with Gasteiger partial charge in [-0.3, -0.25) is 5.43 Å². The molecular formula is C26H39N3O2S. The van der Waals surface area contributed by atoms with Crippen LogP contribution in [0, 0.1) is 4.91 Å². The lowest BCUT2D eigenvalue weighted by Crippen LogP contribution is -2.44. The zero-order valence-corrected chi connectivity index (χ0v) is 20.5. The summed E-state index contributed by atoms with van der Waals surface area (Å²) in [6.45, 7) is 9.86. The van der Waals surface area contributed by atoms with Crippen LogP contribution in [0.3, 0.4) is 0 Å². The van der Waals surface area contributed by atoms with Gasteiger partial charge in [-0.15, -0.1) is 16.7 Å². The van der Waals surface area contributed by atoms with E-state index in [1.165, 1.54) is 29.0 Å². The Labute approximate surface area is 198 Å². The molecule has 2 fully saturated rings. The van der Waals surface area contributed by atoms with Crippen LogP contribution in [0.5, 0.6) is 0 Å². The molecule has 0 spiro atoms. The fourth-order valence-electron chi connectivity index (χ4n) is 5.19. The molecule has 5 nitrogen and oxygen atoms in total. The van der Waals surface area contributed by atoms with Crippen molar-refractivity contribution in [3.8, 4) is 0 Å². The number of nitroso groups, excluding NO2 is 1. The second-order valence-corrected chi connectivity index (χ2v) is 10.2. The van der Waals surface area contributed by atoms with Crippen LogP contribution in [0.25, 0.3) is 0 Å². The van der Waals surface area contributed by atoms with Crippen molar-refractivity contribution in [1.29, 1.82) is 0 Å². The molecule has 0 radical (unpaired) electrons. The quantitative estimate of drug-likeness (QED) is 0.278. The van der Waals surface area contributed by atoms with Crippen molar-refractivity contribution in [3.05, 3.63) is 63.4 Å². The summed E-state index contributed by atoms with van der Waals surface area (Å²) in [5.74, 6) is 0.648. The average molecular weight is 458 g/mol. The van der Waals surface area contributed by atoms with Gasteiger partial charge in [0.05, 0.1) is 24.8 Å². The van der Waals surface area contributed by atoms with Crippen LogP contribution in [0.2, 0.25) is 0 Å². The number of nitrogens with one attached hydrogen (secondary N) is 1. The minimum absolute atomic E-state index is 0.0336. The predicted molar refractivity (Wildman–Crippen MR) is 135 cm³/mol. The minimum atomic E-state index is 0.0336. The number of rotatable bonds is 12. The van der Waals surface area contributed by atoms with E-state index in [-0.39, 0.29) is 12.1 Å². The maximum atomic E-state index is 11.0. The van der Waals surface area contributed by atoms with Gasteiger partial charge < -0.3 is 9.64 Å². The molecule has 6 heteroatoms. The molecule has 0 bridgehead atoms. The number of likely N-dealkylation sites (tertiary alicyclic amines) is 1. The summed E-state index contributed by atoms with van der Waals surface area (Å²) in [7, 11) is 0. The van der Waals surface area contributed by atoms with Crippen molar-refractivity contribution in [2.75, 3.05) is 13.2 Å². The number of thioether (sulfide) groups is 1. The van der Waals surface area contributed by atoms with E-state index >= 15 is 0 Å². The van der Waals surface area contributed by atoms with Gasteiger partial charge in [0, 0.05) is 22.4 Å². The van der Waals surface area contributed by atoms with Crippen molar-refractivity contribution in [2.45, 2.75) is 89.3 Å². The minimum Gasteiger partial charge on any atom is -0.376 e. The summed E-state index contributed by atoms with van der Waals surface area (Å²) in [5, 5.41) is 4.92. The molecule has 1 saturated carbocycles. The number of benzene rings is 1. The molecule has 0 aromatic heterocycles. The topological polar surface area (TPSA) is 53.9 Å². The third-order valence-electron chi connectivity index (χ3n) is 6.99. The average Bonchev–Trinajstić information content (AvgIpc) is 3.21. The lowest BCUT2D eigenvalue weighted by molar-refractivity contribution is -0.00300. The van der Waals surface area contributed by atoms with E-state index in [4.69, 9.17) is 4.74 Å². The number of allylic oxidation sites excluding steroid dienone is 2. The summed E-state index contributed by atoms with van der Waals surface area (Å²) in [6.07, 6.45) is 9.11. The van der Waals surface area contributed by atoms with Crippen LogP contribution in [-0.4, -0.2) is 36.2 Å². The second-order valence-electron chi connectivity index (χ2n) is 8.98. The van der Waals surface area contributed by atoms with Gasteiger partial charge in [0.15, 0.2) is 0 Å². The first-order chi connectivity index (χ1) is 15.7. The Bertz CT molecular complexity index is 747. The van der Waals surface area contributed by atoms with Crippen molar-refractivity contribution in [2.24, 2.45) is 5.29 Å². The van der Waals surface area contributed by atoms with E-state index in [0.717, 1.165) is 45.1 Å². The van der Waals surface area contributed by atoms with E-state index < -0.39 is 0 Å². The number of ether oxygens (including phenoxy) is 1. The van der Waals surface area contributed by atoms with Crippen molar-refractivity contribution >= 4 is 11.8 Å². The van der Waals surface area contributed by atoms with E-state index in [2.05, 4.69) is 66.4 Å². The zero-order chi connectivity index (χ0) is 22.8. The highest BCUT2D eigenvalue weighted by Crippen LogP contribution is 2.36. The summed E-state index contributed by atoms with van der Waals surface area (Å²) in [6, 6.07) is 11.0.